The minimum absolute atomic E-state index is 0.0571. The topological polar surface area (TPSA) is 50.7 Å². The van der Waals surface area contributed by atoms with E-state index in [-0.39, 0.29) is 17.9 Å². The number of nitrogens with zero attached hydrogens (tertiary/aromatic N) is 1. The molecule has 0 aromatic heterocycles. The molecule has 1 N–H and O–H groups in total. The zero-order valence-electron chi connectivity index (χ0n) is 16.9. The predicted octanol–water partition coefficient (Wildman–Crippen LogP) is 5.53. The maximum atomic E-state index is 12.1. The molecule has 5 heteroatoms. The van der Waals surface area contributed by atoms with Crippen molar-refractivity contribution in [1.29, 1.82) is 0 Å². The monoisotopic (exact) mass is 432 g/mol. The number of amides is 1. The first-order valence-corrected chi connectivity index (χ1v) is 9.98. The molecule has 0 saturated heterocycles. The number of hydrazone groups is 1. The van der Waals surface area contributed by atoms with Crippen molar-refractivity contribution in [2.24, 2.45) is 11.0 Å². The van der Waals surface area contributed by atoms with Gasteiger partial charge in [-0.2, -0.15) is 5.10 Å². The summed E-state index contributed by atoms with van der Waals surface area (Å²) in [4.78, 5) is 12.1. The number of hydrogen-bond acceptors (Lipinski definition) is 3. The molecule has 0 spiro atoms. The van der Waals surface area contributed by atoms with Gasteiger partial charge in [-0.15, -0.1) is 0 Å². The average Bonchev–Trinajstić information content (AvgIpc) is 2.58. The number of halogens is 1. The zero-order chi connectivity index (χ0) is 20.2. The number of allylic oxidation sites excluding steroid dienone is 3. The maximum Gasteiger partial charge on any atom is 0.277 e. The summed E-state index contributed by atoms with van der Waals surface area (Å²) in [6, 6.07) is 5.93. The van der Waals surface area contributed by atoms with Crippen LogP contribution in [0, 0.1) is 5.92 Å². The van der Waals surface area contributed by atoms with Crippen LogP contribution in [-0.2, 0) is 10.2 Å². The van der Waals surface area contributed by atoms with E-state index < -0.39 is 0 Å². The molecule has 1 aliphatic carbocycles. The van der Waals surface area contributed by atoms with E-state index in [1.165, 1.54) is 5.56 Å². The third-order valence-corrected chi connectivity index (χ3v) is 5.39. The van der Waals surface area contributed by atoms with Gasteiger partial charge >= 0.3 is 0 Å². The van der Waals surface area contributed by atoms with E-state index in [2.05, 4.69) is 59.9 Å². The molecule has 0 aliphatic heterocycles. The van der Waals surface area contributed by atoms with Gasteiger partial charge in [-0.3, -0.25) is 4.79 Å². The van der Waals surface area contributed by atoms with Crippen LogP contribution in [0.3, 0.4) is 0 Å². The highest BCUT2D eigenvalue weighted by molar-refractivity contribution is 9.10. The van der Waals surface area contributed by atoms with Gasteiger partial charge in [0.05, 0.1) is 10.2 Å². The first-order chi connectivity index (χ1) is 12.6. The van der Waals surface area contributed by atoms with E-state index in [4.69, 9.17) is 4.74 Å². The molecule has 4 nitrogen and oxygen atoms in total. The van der Waals surface area contributed by atoms with Crippen molar-refractivity contribution in [3.8, 4) is 5.75 Å². The van der Waals surface area contributed by atoms with Gasteiger partial charge in [-0.05, 0) is 77.2 Å². The van der Waals surface area contributed by atoms with Gasteiger partial charge in [0.2, 0.25) is 0 Å². The number of carbonyl (C=O) groups excluding carboxylic acids is 1. The normalized spacial score (nSPS) is 18.8. The summed E-state index contributed by atoms with van der Waals surface area (Å²) in [7, 11) is 0. The van der Waals surface area contributed by atoms with Crippen LogP contribution in [-0.4, -0.2) is 18.2 Å². The second kappa shape index (κ2) is 8.87. The number of nitrogens with one attached hydrogen (secondary N) is 1. The Kier molecular flexibility index (Phi) is 7.04. The fraction of sp³-hybridized carbons (Fsp3) is 0.455. The first kappa shape index (κ1) is 21.4. The molecule has 0 bridgehead atoms. The molecular weight excluding hydrogens is 404 g/mol. The van der Waals surface area contributed by atoms with E-state index in [1.54, 1.807) is 0 Å². The van der Waals surface area contributed by atoms with Crippen molar-refractivity contribution in [1.82, 2.24) is 5.43 Å². The molecule has 1 atom stereocenters. The summed E-state index contributed by atoms with van der Waals surface area (Å²) >= 11 is 3.52. The molecule has 2 rings (SSSR count). The summed E-state index contributed by atoms with van der Waals surface area (Å²) in [5.41, 5.74) is 7.01. The van der Waals surface area contributed by atoms with Gasteiger partial charge in [0, 0.05) is 0 Å². The Bertz CT molecular complexity index is 788. The summed E-state index contributed by atoms with van der Waals surface area (Å²) in [5.74, 6) is 0.749. The number of rotatable bonds is 5. The van der Waals surface area contributed by atoms with Crippen molar-refractivity contribution in [3.05, 3.63) is 52.0 Å². The van der Waals surface area contributed by atoms with Crippen LogP contribution in [0.2, 0.25) is 0 Å². The minimum atomic E-state index is -0.278. The highest BCUT2D eigenvalue weighted by Gasteiger charge is 2.19. The third kappa shape index (κ3) is 6.06. The van der Waals surface area contributed by atoms with Crippen LogP contribution in [0.15, 0.2) is 51.6 Å². The highest BCUT2D eigenvalue weighted by atomic mass is 79.9. The Morgan fingerprint density at radius 2 is 2.11 bits per heavy atom. The van der Waals surface area contributed by atoms with Gasteiger partial charge in [0.25, 0.3) is 5.91 Å². The van der Waals surface area contributed by atoms with Crippen molar-refractivity contribution in [2.45, 2.75) is 52.9 Å². The molecule has 0 heterocycles. The summed E-state index contributed by atoms with van der Waals surface area (Å²) in [6.45, 7) is 14.5. The smallest absolute Gasteiger partial charge is 0.277 e. The fourth-order valence-corrected chi connectivity index (χ4v) is 3.31. The van der Waals surface area contributed by atoms with Gasteiger partial charge in [-0.1, -0.05) is 45.1 Å². The van der Waals surface area contributed by atoms with Gasteiger partial charge in [0.15, 0.2) is 6.61 Å². The Hall–Kier alpha value is -1.88. The maximum absolute atomic E-state index is 12.1. The summed E-state index contributed by atoms with van der Waals surface area (Å²) in [5, 5.41) is 4.29. The van der Waals surface area contributed by atoms with Gasteiger partial charge in [-0.25, -0.2) is 5.43 Å². The van der Waals surface area contributed by atoms with Crippen molar-refractivity contribution in [2.75, 3.05) is 6.61 Å². The Balaban J connectivity index is 1.94. The quantitative estimate of drug-likeness (QED) is 0.490. The Morgan fingerprint density at radius 3 is 2.70 bits per heavy atom. The van der Waals surface area contributed by atoms with Crippen LogP contribution in [0.4, 0.5) is 0 Å². The largest absolute Gasteiger partial charge is 0.483 e. The molecule has 146 valence electrons. The van der Waals surface area contributed by atoms with E-state index in [9.17, 15) is 4.79 Å². The van der Waals surface area contributed by atoms with E-state index in [0.717, 1.165) is 34.2 Å². The van der Waals surface area contributed by atoms with E-state index in [1.807, 2.05) is 32.0 Å². The van der Waals surface area contributed by atoms with E-state index in [0.29, 0.717) is 11.7 Å². The average molecular weight is 433 g/mol. The zero-order valence-corrected chi connectivity index (χ0v) is 18.4. The lowest BCUT2D eigenvalue weighted by molar-refractivity contribution is -0.123. The lowest BCUT2D eigenvalue weighted by Gasteiger charge is -2.22. The molecule has 0 saturated carbocycles. The van der Waals surface area contributed by atoms with Crippen molar-refractivity contribution in [3.63, 3.8) is 0 Å². The molecule has 1 aliphatic rings. The van der Waals surface area contributed by atoms with Crippen LogP contribution in [0.5, 0.6) is 5.75 Å². The first-order valence-electron chi connectivity index (χ1n) is 9.18. The molecule has 0 unspecified atom stereocenters. The highest BCUT2D eigenvalue weighted by Crippen LogP contribution is 2.31. The SMILES string of the molecule is C=C(C)[C@H]1CC=C(C)C(=NNC(=O)COc2ccc(C(C)(C)C)cc2Br)C1. The number of hydrogen-bond donors (Lipinski definition) is 1. The summed E-state index contributed by atoms with van der Waals surface area (Å²) in [6.07, 6.45) is 3.94. The fourth-order valence-electron chi connectivity index (χ4n) is 2.81. The second-order valence-electron chi connectivity index (χ2n) is 8.15. The van der Waals surface area contributed by atoms with Gasteiger partial charge < -0.3 is 4.74 Å². The van der Waals surface area contributed by atoms with Crippen LogP contribution in [0.25, 0.3) is 0 Å². The molecule has 1 aromatic carbocycles. The lowest BCUT2D eigenvalue weighted by Crippen LogP contribution is -2.27. The van der Waals surface area contributed by atoms with Crippen molar-refractivity contribution >= 4 is 27.5 Å². The number of carbonyl (C=O) groups is 1. The lowest BCUT2D eigenvalue weighted by atomic mass is 9.85. The standard InChI is InChI=1S/C22H29BrN2O2/c1-14(2)16-8-7-15(3)19(11-16)24-25-21(26)13-27-20-10-9-17(12-18(20)23)22(4,5)6/h7,9-10,12,16H,1,8,11,13H2,2-6H3,(H,25,26)/t16-/m0/s1. The van der Waals surface area contributed by atoms with Crippen LogP contribution in [0.1, 0.15) is 53.0 Å². The minimum Gasteiger partial charge on any atom is -0.483 e. The molecule has 0 fully saturated rings. The molecule has 0 radical (unpaired) electrons. The van der Waals surface area contributed by atoms with E-state index >= 15 is 0 Å². The van der Waals surface area contributed by atoms with Gasteiger partial charge in [0.1, 0.15) is 5.75 Å². The third-order valence-electron chi connectivity index (χ3n) is 4.77. The number of benzene rings is 1. The molecular formula is C22H29BrN2O2. The van der Waals surface area contributed by atoms with Crippen molar-refractivity contribution < 1.29 is 9.53 Å². The Labute approximate surface area is 170 Å². The van der Waals surface area contributed by atoms with Crippen LogP contribution >= 0.6 is 15.9 Å². The summed E-state index contributed by atoms with van der Waals surface area (Å²) < 4.78 is 6.47. The number of ether oxygens (including phenoxy) is 1. The second-order valence-corrected chi connectivity index (χ2v) is 9.00. The predicted molar refractivity (Wildman–Crippen MR) is 115 cm³/mol. The Morgan fingerprint density at radius 1 is 1.41 bits per heavy atom. The molecule has 27 heavy (non-hydrogen) atoms. The molecule has 1 aromatic rings. The molecule has 1 amide bonds. The van der Waals surface area contributed by atoms with Crippen LogP contribution < -0.4 is 10.2 Å².